The smallest absolute Gasteiger partial charge is 0.127 e. The Morgan fingerprint density at radius 3 is 2.89 bits per heavy atom. The van der Waals surface area contributed by atoms with Crippen molar-refractivity contribution in [3.8, 4) is 0 Å². The van der Waals surface area contributed by atoms with Gasteiger partial charge in [-0.3, -0.25) is 4.98 Å². The van der Waals surface area contributed by atoms with Gasteiger partial charge in [-0.1, -0.05) is 18.3 Å². The van der Waals surface area contributed by atoms with E-state index in [1.807, 2.05) is 37.3 Å². The fourth-order valence-corrected chi connectivity index (χ4v) is 1.70. The predicted octanol–water partition coefficient (Wildman–Crippen LogP) is 2.03. The average molecular weight is 258 g/mol. The van der Waals surface area contributed by atoms with Crippen molar-refractivity contribution in [1.82, 2.24) is 9.97 Å². The molecule has 4 nitrogen and oxygen atoms in total. The first kappa shape index (κ1) is 12.4. The van der Waals surface area contributed by atoms with Crippen LogP contribution >= 0.6 is 12.2 Å². The molecule has 0 amide bonds. The van der Waals surface area contributed by atoms with Crippen molar-refractivity contribution in [2.75, 3.05) is 5.32 Å². The van der Waals surface area contributed by atoms with Crippen molar-refractivity contribution in [3.05, 3.63) is 53.5 Å². The van der Waals surface area contributed by atoms with Crippen LogP contribution in [0.25, 0.3) is 0 Å². The first-order valence-electron chi connectivity index (χ1n) is 5.57. The molecule has 92 valence electrons. The van der Waals surface area contributed by atoms with E-state index in [2.05, 4.69) is 15.3 Å². The van der Waals surface area contributed by atoms with E-state index in [0.29, 0.717) is 11.5 Å². The number of aromatic nitrogens is 2. The highest BCUT2D eigenvalue weighted by Gasteiger charge is 2.02. The topological polar surface area (TPSA) is 63.8 Å². The van der Waals surface area contributed by atoms with E-state index in [-0.39, 0.29) is 0 Å². The molecule has 3 N–H and O–H groups in total. The molecule has 0 aliphatic rings. The molecule has 2 rings (SSSR count). The van der Waals surface area contributed by atoms with Crippen LogP contribution in [0.4, 0.5) is 5.82 Å². The molecule has 0 aliphatic heterocycles. The Kier molecular flexibility index (Phi) is 3.84. The summed E-state index contributed by atoms with van der Waals surface area (Å²) in [7, 11) is 0. The molecular weight excluding hydrogens is 244 g/mol. The number of pyridine rings is 2. The second-order valence-electron chi connectivity index (χ2n) is 3.92. The number of hydrogen-bond acceptors (Lipinski definition) is 4. The highest BCUT2D eigenvalue weighted by molar-refractivity contribution is 7.80. The number of nitrogens with one attached hydrogen (secondary N) is 1. The van der Waals surface area contributed by atoms with Gasteiger partial charge in [0, 0.05) is 17.5 Å². The SMILES string of the molecule is Cc1cc(C(N)=S)cc(NCc2ccccn2)n1. The van der Waals surface area contributed by atoms with Gasteiger partial charge < -0.3 is 11.1 Å². The molecule has 0 bridgehead atoms. The van der Waals surface area contributed by atoms with E-state index in [9.17, 15) is 0 Å². The number of aryl methyl sites for hydroxylation is 1. The molecule has 0 spiro atoms. The Morgan fingerprint density at radius 1 is 1.39 bits per heavy atom. The standard InChI is InChI=1S/C13H14N4S/c1-9-6-10(13(14)18)7-12(17-9)16-8-11-4-2-3-5-15-11/h2-7H,8H2,1H3,(H2,14,18)(H,16,17). The first-order valence-corrected chi connectivity index (χ1v) is 5.98. The minimum Gasteiger partial charge on any atom is -0.389 e. The Hall–Kier alpha value is -2.01. The van der Waals surface area contributed by atoms with Crippen molar-refractivity contribution in [3.63, 3.8) is 0 Å². The molecule has 0 aliphatic carbocycles. The monoisotopic (exact) mass is 258 g/mol. The Morgan fingerprint density at radius 2 is 2.22 bits per heavy atom. The van der Waals surface area contributed by atoms with E-state index in [0.717, 1.165) is 22.8 Å². The summed E-state index contributed by atoms with van der Waals surface area (Å²) in [5.41, 5.74) is 8.28. The molecular formula is C13H14N4S. The lowest BCUT2D eigenvalue weighted by atomic mass is 10.2. The zero-order valence-electron chi connectivity index (χ0n) is 10.1. The van der Waals surface area contributed by atoms with E-state index in [1.165, 1.54) is 0 Å². The van der Waals surface area contributed by atoms with Crippen molar-refractivity contribution < 1.29 is 0 Å². The Labute approximate surface area is 111 Å². The van der Waals surface area contributed by atoms with E-state index in [1.54, 1.807) is 6.20 Å². The quantitative estimate of drug-likeness (QED) is 0.822. The maximum atomic E-state index is 5.62. The number of nitrogens with zero attached hydrogens (tertiary/aromatic N) is 2. The third-order valence-electron chi connectivity index (χ3n) is 2.41. The van der Waals surface area contributed by atoms with Gasteiger partial charge in [0.2, 0.25) is 0 Å². The van der Waals surface area contributed by atoms with Crippen LogP contribution in [0.15, 0.2) is 36.5 Å². The average Bonchev–Trinajstić information content (AvgIpc) is 2.37. The molecule has 0 saturated carbocycles. The number of rotatable bonds is 4. The molecule has 0 aromatic carbocycles. The second-order valence-corrected chi connectivity index (χ2v) is 4.36. The maximum Gasteiger partial charge on any atom is 0.127 e. The fraction of sp³-hybridized carbons (Fsp3) is 0.154. The second kappa shape index (κ2) is 5.55. The van der Waals surface area contributed by atoms with Gasteiger partial charge >= 0.3 is 0 Å². The summed E-state index contributed by atoms with van der Waals surface area (Å²) in [6.45, 7) is 2.53. The predicted molar refractivity (Wildman–Crippen MR) is 76.4 cm³/mol. The highest BCUT2D eigenvalue weighted by Crippen LogP contribution is 2.11. The van der Waals surface area contributed by atoms with Crippen LogP contribution in [-0.2, 0) is 6.54 Å². The van der Waals surface area contributed by atoms with Crippen LogP contribution in [0, 0.1) is 6.92 Å². The third kappa shape index (κ3) is 3.24. The number of thiocarbonyl (C=S) groups is 1. The minimum absolute atomic E-state index is 0.376. The maximum absolute atomic E-state index is 5.62. The van der Waals surface area contributed by atoms with Crippen molar-refractivity contribution in [2.45, 2.75) is 13.5 Å². The number of nitrogens with two attached hydrogens (primary N) is 1. The molecule has 2 aromatic rings. The van der Waals surface area contributed by atoms with Crippen LogP contribution < -0.4 is 11.1 Å². The fourth-order valence-electron chi connectivity index (χ4n) is 1.59. The van der Waals surface area contributed by atoms with Crippen LogP contribution in [0.1, 0.15) is 17.0 Å². The lowest BCUT2D eigenvalue weighted by Crippen LogP contribution is -2.11. The van der Waals surface area contributed by atoms with Crippen molar-refractivity contribution >= 4 is 23.0 Å². The summed E-state index contributed by atoms with van der Waals surface area (Å²) < 4.78 is 0. The van der Waals surface area contributed by atoms with Gasteiger partial charge in [0.1, 0.15) is 10.8 Å². The third-order valence-corrected chi connectivity index (χ3v) is 2.65. The van der Waals surface area contributed by atoms with Gasteiger partial charge in [-0.05, 0) is 31.2 Å². The van der Waals surface area contributed by atoms with Gasteiger partial charge in [-0.15, -0.1) is 0 Å². The summed E-state index contributed by atoms with van der Waals surface area (Å²) in [5, 5.41) is 3.21. The largest absolute Gasteiger partial charge is 0.389 e. The van der Waals surface area contributed by atoms with E-state index < -0.39 is 0 Å². The lowest BCUT2D eigenvalue weighted by Gasteiger charge is -2.08. The number of hydrogen-bond donors (Lipinski definition) is 2. The van der Waals surface area contributed by atoms with E-state index in [4.69, 9.17) is 18.0 Å². The van der Waals surface area contributed by atoms with Gasteiger partial charge in [-0.25, -0.2) is 4.98 Å². The highest BCUT2D eigenvalue weighted by atomic mass is 32.1. The van der Waals surface area contributed by atoms with Crippen LogP contribution in [0.5, 0.6) is 0 Å². The van der Waals surface area contributed by atoms with Crippen LogP contribution in [0.2, 0.25) is 0 Å². The van der Waals surface area contributed by atoms with Gasteiger partial charge in [0.05, 0.1) is 12.2 Å². The Balaban J connectivity index is 2.12. The summed E-state index contributed by atoms with van der Waals surface area (Å²) >= 11 is 4.97. The molecule has 0 saturated heterocycles. The summed E-state index contributed by atoms with van der Waals surface area (Å²) in [6, 6.07) is 9.51. The Bertz CT molecular complexity index is 554. The van der Waals surface area contributed by atoms with E-state index >= 15 is 0 Å². The van der Waals surface area contributed by atoms with Gasteiger partial charge in [-0.2, -0.15) is 0 Å². The molecule has 2 heterocycles. The van der Waals surface area contributed by atoms with Crippen LogP contribution in [-0.4, -0.2) is 15.0 Å². The zero-order chi connectivity index (χ0) is 13.0. The van der Waals surface area contributed by atoms with Crippen molar-refractivity contribution in [1.29, 1.82) is 0 Å². The van der Waals surface area contributed by atoms with Gasteiger partial charge in [0.15, 0.2) is 0 Å². The lowest BCUT2D eigenvalue weighted by molar-refractivity contribution is 1.02. The number of anilines is 1. The summed E-state index contributed by atoms with van der Waals surface area (Å²) in [4.78, 5) is 8.99. The molecule has 2 aromatic heterocycles. The normalized spacial score (nSPS) is 10.1. The summed E-state index contributed by atoms with van der Waals surface area (Å²) in [6.07, 6.45) is 1.77. The first-order chi connectivity index (χ1) is 8.65. The summed E-state index contributed by atoms with van der Waals surface area (Å²) in [5.74, 6) is 0.753. The minimum atomic E-state index is 0.376. The molecule has 0 radical (unpaired) electrons. The molecule has 0 unspecified atom stereocenters. The molecule has 18 heavy (non-hydrogen) atoms. The zero-order valence-corrected chi connectivity index (χ0v) is 10.9. The molecule has 0 atom stereocenters. The van der Waals surface area contributed by atoms with Crippen molar-refractivity contribution in [2.24, 2.45) is 5.73 Å². The molecule has 5 heteroatoms. The molecule has 0 fully saturated rings. The van der Waals surface area contributed by atoms with Crippen LogP contribution in [0.3, 0.4) is 0 Å². The van der Waals surface area contributed by atoms with Gasteiger partial charge in [0.25, 0.3) is 0 Å².